The maximum Gasteiger partial charge on any atom is 0.416 e. The van der Waals surface area contributed by atoms with Gasteiger partial charge in [0.15, 0.2) is 0 Å². The zero-order valence-electron chi connectivity index (χ0n) is 10.4. The molecular formula is C13H13F3N2O. The van der Waals surface area contributed by atoms with Gasteiger partial charge in [-0.05, 0) is 32.0 Å². The highest BCUT2D eigenvalue weighted by molar-refractivity contribution is 5.90. The van der Waals surface area contributed by atoms with Crippen molar-refractivity contribution >= 4 is 11.7 Å². The zero-order chi connectivity index (χ0) is 14.7. The van der Waals surface area contributed by atoms with Gasteiger partial charge in [0.2, 0.25) is 0 Å². The minimum Gasteiger partial charge on any atom is -0.322 e. The van der Waals surface area contributed by atoms with Crippen molar-refractivity contribution in [1.29, 1.82) is 0 Å². The Balaban J connectivity index is 2.79. The number of rotatable bonds is 2. The van der Waals surface area contributed by atoms with Gasteiger partial charge in [0.05, 0.1) is 11.1 Å². The number of terminal acetylenes is 1. The smallest absolute Gasteiger partial charge is 0.322 e. The molecule has 0 saturated carbocycles. The van der Waals surface area contributed by atoms with Crippen molar-refractivity contribution in [3.05, 3.63) is 29.8 Å². The van der Waals surface area contributed by atoms with Crippen LogP contribution in [0.4, 0.5) is 23.7 Å². The van der Waals surface area contributed by atoms with E-state index in [1.54, 1.807) is 13.8 Å². The number of halogens is 3. The second-order valence-electron chi connectivity index (χ2n) is 4.43. The summed E-state index contributed by atoms with van der Waals surface area (Å²) in [5, 5.41) is 4.74. The Bertz CT molecular complexity index is 515. The van der Waals surface area contributed by atoms with E-state index in [-0.39, 0.29) is 5.69 Å². The second-order valence-corrected chi connectivity index (χ2v) is 4.43. The summed E-state index contributed by atoms with van der Waals surface area (Å²) in [5.41, 5.74) is -1.67. The van der Waals surface area contributed by atoms with Gasteiger partial charge >= 0.3 is 12.2 Å². The van der Waals surface area contributed by atoms with E-state index < -0.39 is 23.3 Å². The molecule has 0 aliphatic carbocycles. The molecule has 0 saturated heterocycles. The third-order valence-electron chi connectivity index (χ3n) is 2.23. The standard InChI is InChI=1S/C13H13F3N2O/c1-4-12(2,3)18-11(19)17-10-7-5-6-9(8-10)13(14,15)16/h1,5-8H,2-3H3,(H2,17,18,19). The predicted octanol–water partition coefficient (Wildman–Crippen LogP) is 3.24. The van der Waals surface area contributed by atoms with Crippen LogP contribution in [0.15, 0.2) is 24.3 Å². The summed E-state index contributed by atoms with van der Waals surface area (Å²) in [6.07, 6.45) is 0.736. The lowest BCUT2D eigenvalue weighted by Gasteiger charge is -2.20. The van der Waals surface area contributed by atoms with Crippen LogP contribution in [0, 0.1) is 12.3 Å². The quantitative estimate of drug-likeness (QED) is 0.796. The van der Waals surface area contributed by atoms with Crippen LogP contribution >= 0.6 is 0 Å². The average Bonchev–Trinajstić information content (AvgIpc) is 2.27. The molecule has 0 aromatic heterocycles. The number of anilines is 1. The van der Waals surface area contributed by atoms with E-state index in [2.05, 4.69) is 16.6 Å². The van der Waals surface area contributed by atoms with E-state index in [0.717, 1.165) is 12.1 Å². The van der Waals surface area contributed by atoms with Crippen molar-refractivity contribution in [2.24, 2.45) is 0 Å². The summed E-state index contributed by atoms with van der Waals surface area (Å²) in [4.78, 5) is 11.5. The molecule has 0 bridgehead atoms. The first-order valence-electron chi connectivity index (χ1n) is 5.38. The number of hydrogen-bond acceptors (Lipinski definition) is 1. The molecule has 0 spiro atoms. The molecule has 0 aliphatic heterocycles. The van der Waals surface area contributed by atoms with Crippen molar-refractivity contribution < 1.29 is 18.0 Å². The Morgan fingerprint density at radius 2 is 1.95 bits per heavy atom. The van der Waals surface area contributed by atoms with Gasteiger partial charge in [-0.3, -0.25) is 0 Å². The van der Waals surface area contributed by atoms with Crippen molar-refractivity contribution in [3.63, 3.8) is 0 Å². The number of amides is 2. The van der Waals surface area contributed by atoms with E-state index in [1.807, 2.05) is 0 Å². The number of hydrogen-bond donors (Lipinski definition) is 2. The monoisotopic (exact) mass is 270 g/mol. The lowest BCUT2D eigenvalue weighted by molar-refractivity contribution is -0.137. The third kappa shape index (κ3) is 4.54. The molecule has 0 radical (unpaired) electrons. The van der Waals surface area contributed by atoms with Crippen molar-refractivity contribution in [2.45, 2.75) is 25.6 Å². The summed E-state index contributed by atoms with van der Waals surface area (Å²) in [6.45, 7) is 3.19. The van der Waals surface area contributed by atoms with Gasteiger partial charge in [0, 0.05) is 5.69 Å². The molecule has 1 rings (SSSR count). The van der Waals surface area contributed by atoms with Crippen LogP contribution in [-0.4, -0.2) is 11.6 Å². The van der Waals surface area contributed by atoms with Crippen molar-refractivity contribution in [1.82, 2.24) is 5.32 Å². The molecule has 0 atom stereocenters. The van der Waals surface area contributed by atoms with Crippen LogP contribution in [0.1, 0.15) is 19.4 Å². The lowest BCUT2D eigenvalue weighted by atomic mass is 10.1. The van der Waals surface area contributed by atoms with Gasteiger partial charge in [-0.25, -0.2) is 4.79 Å². The third-order valence-corrected chi connectivity index (χ3v) is 2.23. The molecule has 102 valence electrons. The van der Waals surface area contributed by atoms with Crippen LogP contribution in [0.5, 0.6) is 0 Å². The Morgan fingerprint density at radius 1 is 1.32 bits per heavy atom. The molecule has 19 heavy (non-hydrogen) atoms. The van der Waals surface area contributed by atoms with Crippen LogP contribution in [0.2, 0.25) is 0 Å². The van der Waals surface area contributed by atoms with Crippen molar-refractivity contribution in [2.75, 3.05) is 5.32 Å². The Morgan fingerprint density at radius 3 is 2.47 bits per heavy atom. The molecular weight excluding hydrogens is 257 g/mol. The molecule has 0 heterocycles. The van der Waals surface area contributed by atoms with Gasteiger partial charge in [0.1, 0.15) is 0 Å². The molecule has 2 N–H and O–H groups in total. The SMILES string of the molecule is C#CC(C)(C)NC(=O)Nc1cccc(C(F)(F)F)c1. The highest BCUT2D eigenvalue weighted by Crippen LogP contribution is 2.30. The largest absolute Gasteiger partial charge is 0.416 e. The summed E-state index contributed by atoms with van der Waals surface area (Å²) in [6, 6.07) is 3.68. The fourth-order valence-corrected chi connectivity index (χ4v) is 1.26. The van der Waals surface area contributed by atoms with E-state index >= 15 is 0 Å². The molecule has 0 aliphatic rings. The van der Waals surface area contributed by atoms with Gasteiger partial charge in [0.25, 0.3) is 0 Å². The molecule has 1 aromatic carbocycles. The Hall–Kier alpha value is -2.16. The molecule has 2 amide bonds. The van der Waals surface area contributed by atoms with Crippen LogP contribution in [0.25, 0.3) is 0 Å². The first-order chi connectivity index (χ1) is 8.64. The minimum atomic E-state index is -4.45. The molecule has 1 aromatic rings. The number of urea groups is 1. The van der Waals surface area contributed by atoms with Gasteiger partial charge in [-0.2, -0.15) is 13.2 Å². The van der Waals surface area contributed by atoms with E-state index in [0.29, 0.717) is 0 Å². The number of alkyl halides is 3. The Kier molecular flexibility index (Phi) is 4.10. The van der Waals surface area contributed by atoms with Gasteiger partial charge in [-0.15, -0.1) is 6.42 Å². The fraction of sp³-hybridized carbons (Fsp3) is 0.308. The Labute approximate surface area is 109 Å². The second kappa shape index (κ2) is 5.22. The lowest BCUT2D eigenvalue weighted by Crippen LogP contribution is -2.44. The number of nitrogens with one attached hydrogen (secondary N) is 2. The van der Waals surface area contributed by atoms with Crippen LogP contribution < -0.4 is 10.6 Å². The van der Waals surface area contributed by atoms with Gasteiger partial charge in [-0.1, -0.05) is 12.0 Å². The van der Waals surface area contributed by atoms with E-state index in [1.165, 1.54) is 12.1 Å². The van der Waals surface area contributed by atoms with Crippen LogP contribution in [-0.2, 0) is 6.18 Å². The maximum absolute atomic E-state index is 12.5. The predicted molar refractivity (Wildman–Crippen MR) is 66.5 cm³/mol. The molecule has 6 heteroatoms. The van der Waals surface area contributed by atoms with Gasteiger partial charge < -0.3 is 10.6 Å². The first-order valence-corrected chi connectivity index (χ1v) is 5.38. The van der Waals surface area contributed by atoms with E-state index in [4.69, 9.17) is 6.42 Å². The van der Waals surface area contributed by atoms with Crippen LogP contribution in [0.3, 0.4) is 0 Å². The average molecular weight is 270 g/mol. The highest BCUT2D eigenvalue weighted by atomic mass is 19.4. The number of carbonyl (C=O) groups is 1. The zero-order valence-corrected chi connectivity index (χ0v) is 10.4. The molecule has 0 unspecified atom stereocenters. The maximum atomic E-state index is 12.5. The summed E-state index contributed by atoms with van der Waals surface area (Å²) in [5.74, 6) is 2.34. The van der Waals surface area contributed by atoms with E-state index in [9.17, 15) is 18.0 Å². The van der Waals surface area contributed by atoms with Crippen molar-refractivity contribution in [3.8, 4) is 12.3 Å². The minimum absolute atomic E-state index is 0.0418. The molecule has 0 fully saturated rings. The number of benzene rings is 1. The number of carbonyl (C=O) groups excluding carboxylic acids is 1. The summed E-state index contributed by atoms with van der Waals surface area (Å²) in [7, 11) is 0. The summed E-state index contributed by atoms with van der Waals surface area (Å²) >= 11 is 0. The summed E-state index contributed by atoms with van der Waals surface area (Å²) < 4.78 is 37.4. The topological polar surface area (TPSA) is 41.1 Å². The highest BCUT2D eigenvalue weighted by Gasteiger charge is 2.30. The molecule has 3 nitrogen and oxygen atoms in total. The normalized spacial score (nSPS) is 11.6. The fourth-order valence-electron chi connectivity index (χ4n) is 1.26. The first kappa shape index (κ1) is 14.9.